The zero-order valence-corrected chi connectivity index (χ0v) is 7.66. The van der Waals surface area contributed by atoms with Crippen LogP contribution >= 0.6 is 0 Å². The lowest BCUT2D eigenvalue weighted by molar-refractivity contribution is 0.284. The van der Waals surface area contributed by atoms with Crippen LogP contribution in [0.25, 0.3) is 0 Å². The highest BCUT2D eigenvalue weighted by Crippen LogP contribution is 2.37. The quantitative estimate of drug-likeness (QED) is 0.666. The number of nitrogens with zero attached hydrogens (tertiary/aromatic N) is 2. The topological polar surface area (TPSA) is 61.8 Å². The first-order valence-corrected chi connectivity index (χ1v) is 4.92. The van der Waals surface area contributed by atoms with Crippen molar-refractivity contribution in [1.82, 2.24) is 15.2 Å². The maximum atomic E-state index is 8.60. The van der Waals surface area contributed by atoms with Gasteiger partial charge in [-0.3, -0.25) is 5.10 Å². The number of unbranched alkanes of at least 4 members (excludes halogenated alkanes) is 1. The van der Waals surface area contributed by atoms with Gasteiger partial charge < -0.3 is 5.11 Å². The second-order valence-corrected chi connectivity index (χ2v) is 3.60. The van der Waals surface area contributed by atoms with E-state index in [-0.39, 0.29) is 6.61 Å². The minimum atomic E-state index is 0.267. The first-order valence-electron chi connectivity index (χ1n) is 4.92. The van der Waals surface area contributed by atoms with E-state index in [9.17, 15) is 0 Å². The zero-order chi connectivity index (χ0) is 9.10. The van der Waals surface area contributed by atoms with E-state index in [1.807, 2.05) is 0 Å². The standard InChI is InChI=1S/C9H15N3O/c13-6-2-1-3-8-10-9(12-11-8)7-4-5-7/h7,13H,1-6H2,(H,10,11,12). The Hall–Kier alpha value is -0.900. The van der Waals surface area contributed by atoms with Gasteiger partial charge in [-0.1, -0.05) is 0 Å². The van der Waals surface area contributed by atoms with Crippen molar-refractivity contribution >= 4 is 0 Å². The van der Waals surface area contributed by atoms with Crippen LogP contribution in [0, 0.1) is 0 Å². The maximum Gasteiger partial charge on any atom is 0.153 e. The predicted molar refractivity (Wildman–Crippen MR) is 48.4 cm³/mol. The third-order valence-electron chi connectivity index (χ3n) is 2.31. The number of rotatable bonds is 5. The molecule has 4 nitrogen and oxygen atoms in total. The number of aliphatic hydroxyl groups excluding tert-OH is 1. The summed E-state index contributed by atoms with van der Waals surface area (Å²) in [5, 5.41) is 15.7. The number of hydrogen-bond donors (Lipinski definition) is 2. The van der Waals surface area contributed by atoms with Crippen molar-refractivity contribution in [3.05, 3.63) is 11.6 Å². The molecule has 1 fully saturated rings. The molecule has 1 aromatic heterocycles. The van der Waals surface area contributed by atoms with Gasteiger partial charge in [0.1, 0.15) is 5.82 Å². The fourth-order valence-corrected chi connectivity index (χ4v) is 1.35. The fraction of sp³-hybridized carbons (Fsp3) is 0.778. The van der Waals surface area contributed by atoms with E-state index < -0.39 is 0 Å². The van der Waals surface area contributed by atoms with Crippen molar-refractivity contribution in [1.29, 1.82) is 0 Å². The maximum absolute atomic E-state index is 8.60. The molecular formula is C9H15N3O. The highest BCUT2D eigenvalue weighted by atomic mass is 16.2. The number of hydrogen-bond acceptors (Lipinski definition) is 3. The molecule has 1 aliphatic carbocycles. The van der Waals surface area contributed by atoms with E-state index in [1.165, 1.54) is 12.8 Å². The van der Waals surface area contributed by atoms with Crippen molar-refractivity contribution in [2.24, 2.45) is 0 Å². The van der Waals surface area contributed by atoms with Crippen LogP contribution < -0.4 is 0 Å². The summed E-state index contributed by atoms with van der Waals surface area (Å²) in [6.45, 7) is 0.267. The molecule has 0 spiro atoms. The fourth-order valence-electron chi connectivity index (χ4n) is 1.35. The number of H-pyrrole nitrogens is 1. The predicted octanol–water partition coefficient (Wildman–Crippen LogP) is 0.997. The molecule has 0 saturated heterocycles. The zero-order valence-electron chi connectivity index (χ0n) is 7.66. The van der Waals surface area contributed by atoms with Crippen LogP contribution in [0.5, 0.6) is 0 Å². The Morgan fingerprint density at radius 2 is 2.23 bits per heavy atom. The number of aliphatic hydroxyl groups is 1. The van der Waals surface area contributed by atoms with Crippen LogP contribution in [0.1, 0.15) is 43.3 Å². The Morgan fingerprint density at radius 3 is 2.92 bits per heavy atom. The lowest BCUT2D eigenvalue weighted by atomic mass is 10.2. The van der Waals surface area contributed by atoms with Crippen molar-refractivity contribution in [3.8, 4) is 0 Å². The average molecular weight is 181 g/mol. The largest absolute Gasteiger partial charge is 0.396 e. The molecule has 13 heavy (non-hydrogen) atoms. The van der Waals surface area contributed by atoms with Crippen LogP contribution in [0.3, 0.4) is 0 Å². The Balaban J connectivity index is 1.82. The summed E-state index contributed by atoms with van der Waals surface area (Å²) in [6.07, 6.45) is 5.22. The molecule has 1 aliphatic rings. The monoisotopic (exact) mass is 181 g/mol. The summed E-state index contributed by atoms with van der Waals surface area (Å²) >= 11 is 0. The molecule has 72 valence electrons. The first-order chi connectivity index (χ1) is 6.40. The summed E-state index contributed by atoms with van der Waals surface area (Å²) in [4.78, 5) is 4.40. The van der Waals surface area contributed by atoms with E-state index in [4.69, 9.17) is 5.11 Å². The number of nitrogens with one attached hydrogen (secondary N) is 1. The van der Waals surface area contributed by atoms with Crippen molar-refractivity contribution in [3.63, 3.8) is 0 Å². The normalized spacial score (nSPS) is 16.4. The van der Waals surface area contributed by atoms with Gasteiger partial charge in [0.2, 0.25) is 0 Å². The smallest absolute Gasteiger partial charge is 0.153 e. The highest BCUT2D eigenvalue weighted by Gasteiger charge is 2.27. The molecule has 1 saturated carbocycles. The molecule has 0 atom stereocenters. The molecule has 0 radical (unpaired) electrons. The van der Waals surface area contributed by atoms with E-state index in [0.717, 1.165) is 30.9 Å². The second-order valence-electron chi connectivity index (χ2n) is 3.60. The minimum Gasteiger partial charge on any atom is -0.396 e. The molecule has 0 amide bonds. The van der Waals surface area contributed by atoms with Gasteiger partial charge in [-0.25, -0.2) is 4.98 Å². The highest BCUT2D eigenvalue weighted by molar-refractivity contribution is 5.04. The van der Waals surface area contributed by atoms with Crippen LogP contribution in [0.4, 0.5) is 0 Å². The first kappa shape index (κ1) is 8.69. The third kappa shape index (κ3) is 2.28. The van der Waals surface area contributed by atoms with Crippen LogP contribution in [0.2, 0.25) is 0 Å². The Morgan fingerprint density at radius 1 is 1.38 bits per heavy atom. The number of aromatic amines is 1. The van der Waals surface area contributed by atoms with Crippen LogP contribution in [-0.4, -0.2) is 26.9 Å². The summed E-state index contributed by atoms with van der Waals surface area (Å²) in [5.74, 6) is 2.58. The van der Waals surface area contributed by atoms with Gasteiger partial charge in [-0.05, 0) is 25.7 Å². The Labute approximate surface area is 77.4 Å². The minimum absolute atomic E-state index is 0.267. The molecule has 4 heteroatoms. The van der Waals surface area contributed by atoms with E-state index in [1.54, 1.807) is 0 Å². The summed E-state index contributed by atoms with van der Waals surface area (Å²) in [5.41, 5.74) is 0. The molecule has 0 aromatic carbocycles. The molecule has 1 aromatic rings. The van der Waals surface area contributed by atoms with Crippen molar-refractivity contribution in [2.75, 3.05) is 6.61 Å². The summed E-state index contributed by atoms with van der Waals surface area (Å²) < 4.78 is 0. The summed E-state index contributed by atoms with van der Waals surface area (Å²) in [6, 6.07) is 0. The average Bonchev–Trinajstić information content (AvgIpc) is 2.88. The van der Waals surface area contributed by atoms with Crippen molar-refractivity contribution < 1.29 is 5.11 Å². The number of aromatic nitrogens is 3. The van der Waals surface area contributed by atoms with Gasteiger partial charge in [-0.15, -0.1) is 0 Å². The van der Waals surface area contributed by atoms with E-state index in [2.05, 4.69) is 15.2 Å². The molecule has 1 heterocycles. The molecule has 0 bridgehead atoms. The van der Waals surface area contributed by atoms with Gasteiger partial charge in [-0.2, -0.15) is 5.10 Å². The third-order valence-corrected chi connectivity index (χ3v) is 2.31. The van der Waals surface area contributed by atoms with Gasteiger partial charge in [0.25, 0.3) is 0 Å². The lowest BCUT2D eigenvalue weighted by Crippen LogP contribution is -1.91. The van der Waals surface area contributed by atoms with Crippen molar-refractivity contribution in [2.45, 2.75) is 38.0 Å². The molecule has 0 unspecified atom stereocenters. The van der Waals surface area contributed by atoms with Gasteiger partial charge in [0, 0.05) is 18.9 Å². The van der Waals surface area contributed by atoms with E-state index in [0.29, 0.717) is 5.92 Å². The molecule has 2 N–H and O–H groups in total. The Bertz CT molecular complexity index is 268. The van der Waals surface area contributed by atoms with Gasteiger partial charge in [0.15, 0.2) is 5.82 Å². The molecule has 2 rings (SSSR count). The summed E-state index contributed by atoms with van der Waals surface area (Å²) in [7, 11) is 0. The van der Waals surface area contributed by atoms with E-state index >= 15 is 0 Å². The van der Waals surface area contributed by atoms with Crippen LogP contribution in [0.15, 0.2) is 0 Å². The number of aryl methyl sites for hydroxylation is 1. The SMILES string of the molecule is OCCCCc1nc(C2CC2)n[nH]1. The second kappa shape index (κ2) is 3.87. The lowest BCUT2D eigenvalue weighted by Gasteiger charge is -1.92. The molecule has 0 aliphatic heterocycles. The van der Waals surface area contributed by atoms with Gasteiger partial charge in [0.05, 0.1) is 0 Å². The van der Waals surface area contributed by atoms with Gasteiger partial charge >= 0.3 is 0 Å². The molecular weight excluding hydrogens is 166 g/mol. The Kier molecular flexibility index (Phi) is 2.59. The van der Waals surface area contributed by atoms with Crippen LogP contribution in [-0.2, 0) is 6.42 Å².